The average Bonchev–Trinajstić information content (AvgIpc) is 4.30. The fourth-order valence-electron chi connectivity index (χ4n) is 7.61. The summed E-state index contributed by atoms with van der Waals surface area (Å²) < 4.78 is 0. The van der Waals surface area contributed by atoms with Crippen molar-refractivity contribution in [1.82, 2.24) is 42.5 Å². The molecular formula is C54H54N8O16S4. The van der Waals surface area contributed by atoms with Crippen LogP contribution in [-0.4, -0.2) is 141 Å². The Hall–Kier alpha value is -9.12. The van der Waals surface area contributed by atoms with Crippen molar-refractivity contribution in [3.8, 4) is 29.3 Å². The van der Waals surface area contributed by atoms with Crippen LogP contribution in [0.25, 0.3) is 29.3 Å². The van der Waals surface area contributed by atoms with Crippen LogP contribution in [-0.2, 0) is 60.8 Å². The predicted molar refractivity (Wildman–Crippen MR) is 302 cm³/mol. The van der Waals surface area contributed by atoms with Gasteiger partial charge in [-0.25, -0.2) is 9.59 Å². The molecule has 24 nitrogen and oxygen atoms in total. The van der Waals surface area contributed by atoms with Crippen LogP contribution in [0.5, 0.6) is 0 Å². The number of benzene rings is 2. The van der Waals surface area contributed by atoms with E-state index in [0.717, 1.165) is 29.3 Å². The van der Waals surface area contributed by atoms with Gasteiger partial charge < -0.3 is 63.0 Å². The van der Waals surface area contributed by atoms with Crippen LogP contribution in [0.1, 0.15) is 57.2 Å². The van der Waals surface area contributed by atoms with Crippen molar-refractivity contribution >= 4 is 116 Å². The van der Waals surface area contributed by atoms with Crippen molar-refractivity contribution in [1.29, 1.82) is 0 Å². The number of carbonyl (C=O) groups excluding carboxylic acids is 8. The number of carboxylic acids is 4. The van der Waals surface area contributed by atoms with Crippen LogP contribution >= 0.6 is 45.3 Å². The minimum Gasteiger partial charge on any atom is -0.481 e. The Morgan fingerprint density at radius 3 is 1.00 bits per heavy atom. The Morgan fingerprint density at radius 1 is 0.378 bits per heavy atom. The zero-order chi connectivity index (χ0) is 59.6. The number of hydrogen-bond acceptors (Lipinski definition) is 16. The van der Waals surface area contributed by atoms with Crippen LogP contribution in [0.4, 0.5) is 0 Å². The molecule has 28 heteroatoms. The third-order valence-electron chi connectivity index (χ3n) is 11.8. The molecule has 0 aliphatic rings. The van der Waals surface area contributed by atoms with Gasteiger partial charge in [0, 0.05) is 42.1 Å². The summed E-state index contributed by atoms with van der Waals surface area (Å²) in [6.45, 7) is 1.68. The van der Waals surface area contributed by atoms with Gasteiger partial charge in [0.05, 0.1) is 35.7 Å². The number of nitrogens with one attached hydrogen (secondary N) is 8. The van der Waals surface area contributed by atoms with Gasteiger partial charge in [-0.15, -0.1) is 45.3 Å². The number of thiophene rings is 4. The fourth-order valence-corrected chi connectivity index (χ4v) is 11.7. The molecule has 0 fully saturated rings. The van der Waals surface area contributed by atoms with Crippen LogP contribution < -0.4 is 42.5 Å². The summed E-state index contributed by atoms with van der Waals surface area (Å²) in [6.07, 6.45) is -1.98. The first-order chi connectivity index (χ1) is 39.0. The lowest BCUT2D eigenvalue weighted by Gasteiger charge is -2.23. The molecular weight excluding hydrogens is 1140 g/mol. The Labute approximate surface area is 482 Å². The largest absolute Gasteiger partial charge is 0.481 e. The third-order valence-corrected chi connectivity index (χ3v) is 16.7. The molecule has 4 aromatic heterocycles. The number of aliphatic carboxylic acids is 4. The second-order valence-electron chi connectivity index (χ2n) is 18.1. The van der Waals surface area contributed by atoms with E-state index in [4.69, 9.17) is 10.2 Å². The van der Waals surface area contributed by atoms with E-state index < -0.39 is 133 Å². The highest BCUT2D eigenvalue weighted by atomic mass is 32.1. The van der Waals surface area contributed by atoms with Crippen molar-refractivity contribution in [2.24, 2.45) is 0 Å². The molecule has 0 aliphatic carbocycles. The quantitative estimate of drug-likeness (QED) is 0.0321. The molecule has 4 heterocycles. The van der Waals surface area contributed by atoms with Gasteiger partial charge in [-0.05, 0) is 73.5 Å². The summed E-state index contributed by atoms with van der Waals surface area (Å²) in [7, 11) is 0. The van der Waals surface area contributed by atoms with Crippen molar-refractivity contribution in [3.05, 3.63) is 130 Å². The molecule has 0 saturated carbocycles. The van der Waals surface area contributed by atoms with Crippen molar-refractivity contribution in [2.75, 3.05) is 13.1 Å². The molecule has 430 valence electrons. The Balaban J connectivity index is 0.961. The van der Waals surface area contributed by atoms with Gasteiger partial charge in [0.25, 0.3) is 11.8 Å². The van der Waals surface area contributed by atoms with Crippen LogP contribution in [0.15, 0.2) is 109 Å². The summed E-state index contributed by atoms with van der Waals surface area (Å²) in [6, 6.07) is 22.7. The van der Waals surface area contributed by atoms with E-state index in [9.17, 15) is 67.7 Å². The summed E-state index contributed by atoms with van der Waals surface area (Å²) >= 11 is 5.35. The van der Waals surface area contributed by atoms with Gasteiger partial charge in [-0.2, -0.15) is 0 Å². The highest BCUT2D eigenvalue weighted by Gasteiger charge is 2.32. The average molecular weight is 1200 g/mol. The Kier molecular flexibility index (Phi) is 22.2. The lowest BCUT2D eigenvalue weighted by atomic mass is 10.0. The number of carboxylic acid groups (broad SMARTS) is 4. The van der Waals surface area contributed by atoms with Crippen molar-refractivity contribution < 1.29 is 78.0 Å². The Bertz CT molecular complexity index is 3120. The second kappa shape index (κ2) is 29.4. The van der Waals surface area contributed by atoms with Gasteiger partial charge in [-0.1, -0.05) is 60.7 Å². The molecule has 6 rings (SSSR count). The fraction of sp³-hybridized carbons (Fsp3) is 0.259. The predicted octanol–water partition coefficient (Wildman–Crippen LogP) is 2.95. The van der Waals surface area contributed by atoms with Crippen LogP contribution in [0, 0.1) is 0 Å². The van der Waals surface area contributed by atoms with E-state index in [2.05, 4.69) is 42.5 Å². The molecule has 8 amide bonds. The smallest absolute Gasteiger partial charge is 0.326 e. The molecule has 0 saturated heterocycles. The zero-order valence-electron chi connectivity index (χ0n) is 43.4. The highest BCUT2D eigenvalue weighted by Crippen LogP contribution is 2.43. The highest BCUT2D eigenvalue weighted by molar-refractivity contribution is 7.29. The van der Waals surface area contributed by atoms with Crippen LogP contribution in [0.3, 0.4) is 0 Å². The summed E-state index contributed by atoms with van der Waals surface area (Å²) in [5.41, 5.74) is 1.20. The van der Waals surface area contributed by atoms with E-state index in [1.54, 1.807) is 84.9 Å². The van der Waals surface area contributed by atoms with Gasteiger partial charge in [0.15, 0.2) is 0 Å². The zero-order valence-corrected chi connectivity index (χ0v) is 46.7. The maximum Gasteiger partial charge on any atom is 0.326 e. The maximum atomic E-state index is 13.2. The molecule has 6 aromatic rings. The Morgan fingerprint density at radius 2 is 0.683 bits per heavy atom. The lowest BCUT2D eigenvalue weighted by molar-refractivity contribution is -0.147. The molecule has 2 aromatic carbocycles. The van der Waals surface area contributed by atoms with E-state index in [1.807, 2.05) is 24.3 Å². The van der Waals surface area contributed by atoms with Gasteiger partial charge in [0.1, 0.15) is 36.3 Å². The molecule has 6 atom stereocenters. The SMILES string of the molecule is C[C@H](NC(=O)CNC(=O)c1ccc(-c2ccc(-c3ccc(-c4ccc(C(=O)NCC(=O)N[C@@H](C)C(=O)NC(Cc5ccccc5)C(=O)N[C@@H](CC(=O)O)C(=O)O)s4)s3)s2)s1)C(=O)NC(Cc1ccccc1)C(=O)N[C@@H](CC(=O)O)C(=O)O. The van der Waals surface area contributed by atoms with E-state index in [-0.39, 0.29) is 12.8 Å². The topological polar surface area (TPSA) is 382 Å². The molecule has 0 aliphatic heterocycles. The van der Waals surface area contributed by atoms with Crippen molar-refractivity contribution in [2.45, 2.75) is 75.8 Å². The molecule has 0 spiro atoms. The molecule has 0 bridgehead atoms. The van der Waals surface area contributed by atoms with E-state index >= 15 is 0 Å². The third kappa shape index (κ3) is 18.5. The van der Waals surface area contributed by atoms with Gasteiger partial charge in [0.2, 0.25) is 35.4 Å². The number of hydrogen-bond donors (Lipinski definition) is 12. The second-order valence-corrected chi connectivity index (χ2v) is 22.4. The first-order valence-electron chi connectivity index (χ1n) is 24.8. The van der Waals surface area contributed by atoms with Crippen molar-refractivity contribution in [3.63, 3.8) is 0 Å². The molecule has 82 heavy (non-hydrogen) atoms. The normalized spacial score (nSPS) is 13.0. The molecule has 12 N–H and O–H groups in total. The summed E-state index contributed by atoms with van der Waals surface area (Å²) in [4.78, 5) is 156. The summed E-state index contributed by atoms with van der Waals surface area (Å²) in [5, 5.41) is 56.3. The lowest BCUT2D eigenvalue weighted by Crippen LogP contribution is -2.56. The minimum atomic E-state index is -1.77. The van der Waals surface area contributed by atoms with Gasteiger partial charge in [-0.3, -0.25) is 47.9 Å². The standard InChI is InChI=1S/C54H54N8O16S4/c1-27(47(69)59-31(21-29-9-5-3-6-10-29)49(71)61-33(53(75)76)23-45(65)66)57-43(63)25-55-51(73)41-19-17-39(81-41)37-15-13-35(79-37)36-14-16-38(80-36)40-18-20-42(82-40)52(74)56-26-44(64)58-28(2)48(70)60-32(22-30-11-7-4-8-12-30)50(72)62-34(54(77)78)24-46(67)68/h3-20,27-28,31-34H,21-26H2,1-2H3,(H,55,73)(H,56,74)(H,57,63)(H,58,64)(H,59,69)(H,60,70)(H,61,71)(H,62,72)(H,65,66)(H,67,68)(H,75,76)(H,77,78)/t27-,28-,31?,32?,33-,34-/m0/s1. The number of amides is 8. The minimum absolute atomic E-state index is 0.0842. The molecule has 0 radical (unpaired) electrons. The van der Waals surface area contributed by atoms with Gasteiger partial charge >= 0.3 is 23.9 Å². The maximum absolute atomic E-state index is 13.2. The summed E-state index contributed by atoms with van der Waals surface area (Å²) in [5.74, 6) is -12.2. The van der Waals surface area contributed by atoms with Crippen LogP contribution in [0.2, 0.25) is 0 Å². The van der Waals surface area contributed by atoms with E-state index in [0.29, 0.717) is 20.9 Å². The van der Waals surface area contributed by atoms with E-state index in [1.165, 1.54) is 59.2 Å². The number of carbonyl (C=O) groups is 12. The first-order valence-corrected chi connectivity index (χ1v) is 28.0. The first kappa shape index (κ1) is 62.1. The number of rotatable bonds is 29. The molecule has 2 unspecified atom stereocenters. The monoisotopic (exact) mass is 1200 g/mol.